The van der Waals surface area contributed by atoms with Gasteiger partial charge in [0.25, 0.3) is 0 Å². The lowest BCUT2D eigenvalue weighted by Crippen LogP contribution is -2.49. The Morgan fingerprint density at radius 3 is 2.64 bits per heavy atom. The summed E-state index contributed by atoms with van der Waals surface area (Å²) in [6, 6.07) is 3.03. The predicted molar refractivity (Wildman–Crippen MR) is 76.4 cm³/mol. The van der Waals surface area contributed by atoms with Crippen molar-refractivity contribution in [3.8, 4) is 0 Å². The van der Waals surface area contributed by atoms with Crippen LogP contribution in [0.4, 0.5) is 13.6 Å². The van der Waals surface area contributed by atoms with E-state index in [4.69, 9.17) is 4.74 Å². The lowest BCUT2D eigenvalue weighted by Gasteiger charge is -2.35. The second-order valence-electron chi connectivity index (χ2n) is 5.17. The van der Waals surface area contributed by atoms with Crippen molar-refractivity contribution in [1.82, 2.24) is 9.80 Å². The number of nitrogens with zero attached hydrogens (tertiary/aromatic N) is 2. The average molecular weight is 314 g/mol. The van der Waals surface area contributed by atoms with Gasteiger partial charge in [-0.1, -0.05) is 0 Å². The fourth-order valence-electron chi connectivity index (χ4n) is 2.44. The Hall–Kier alpha value is -1.73. The molecule has 1 saturated heterocycles. The van der Waals surface area contributed by atoms with Crippen LogP contribution in [0.2, 0.25) is 0 Å². The van der Waals surface area contributed by atoms with Gasteiger partial charge in [-0.05, 0) is 25.1 Å². The third-order valence-electron chi connectivity index (χ3n) is 3.65. The van der Waals surface area contributed by atoms with Crippen LogP contribution in [0.1, 0.15) is 18.6 Å². The van der Waals surface area contributed by atoms with Crippen LogP contribution in [0.15, 0.2) is 18.2 Å². The summed E-state index contributed by atoms with van der Waals surface area (Å²) in [6.07, 6.45) is -1.45. The van der Waals surface area contributed by atoms with E-state index in [9.17, 15) is 18.7 Å². The predicted octanol–water partition coefficient (Wildman–Crippen LogP) is 1.77. The number of benzene rings is 1. The molecule has 0 bridgehead atoms. The maximum absolute atomic E-state index is 13.6. The number of carbonyl (C=O) groups excluding carboxylic acids is 1. The van der Waals surface area contributed by atoms with E-state index in [1.165, 1.54) is 0 Å². The van der Waals surface area contributed by atoms with Gasteiger partial charge in [-0.3, -0.25) is 4.90 Å². The fourth-order valence-corrected chi connectivity index (χ4v) is 2.44. The van der Waals surface area contributed by atoms with Gasteiger partial charge >= 0.3 is 6.09 Å². The topological polar surface area (TPSA) is 53.0 Å². The van der Waals surface area contributed by atoms with Crippen LogP contribution in [0.3, 0.4) is 0 Å². The summed E-state index contributed by atoms with van der Waals surface area (Å²) in [5.41, 5.74) is -0.0483. The number of hydrogen-bond acceptors (Lipinski definition) is 4. The van der Waals surface area contributed by atoms with Gasteiger partial charge < -0.3 is 14.7 Å². The standard InChI is InChI=1S/C15H20F2N2O3/c1-2-22-15(21)19-7-5-18(6-8-19)10-14(20)12-9-11(16)3-4-13(12)17/h3-4,9,14,20H,2,5-8,10H2,1H3. The number of piperazine rings is 1. The molecule has 1 aliphatic heterocycles. The third kappa shape index (κ3) is 4.14. The van der Waals surface area contributed by atoms with E-state index in [1.54, 1.807) is 11.8 Å². The number of hydrogen-bond donors (Lipinski definition) is 1. The second-order valence-corrected chi connectivity index (χ2v) is 5.17. The molecule has 0 radical (unpaired) electrons. The monoisotopic (exact) mass is 314 g/mol. The Labute approximate surface area is 128 Å². The minimum Gasteiger partial charge on any atom is -0.450 e. The summed E-state index contributed by atoms with van der Waals surface area (Å²) in [7, 11) is 0. The van der Waals surface area contributed by atoms with Gasteiger partial charge in [0.15, 0.2) is 0 Å². The summed E-state index contributed by atoms with van der Waals surface area (Å²) < 4.78 is 31.7. The molecule has 1 amide bonds. The van der Waals surface area contributed by atoms with Crippen molar-refractivity contribution >= 4 is 6.09 Å². The largest absolute Gasteiger partial charge is 0.450 e. The molecule has 0 saturated carbocycles. The maximum atomic E-state index is 13.6. The van der Waals surface area contributed by atoms with E-state index in [2.05, 4.69) is 0 Å². The molecule has 7 heteroatoms. The first-order valence-electron chi connectivity index (χ1n) is 7.28. The van der Waals surface area contributed by atoms with E-state index in [0.717, 1.165) is 18.2 Å². The van der Waals surface area contributed by atoms with Gasteiger partial charge in [0.2, 0.25) is 0 Å². The molecule has 22 heavy (non-hydrogen) atoms. The van der Waals surface area contributed by atoms with Crippen molar-refractivity contribution in [2.75, 3.05) is 39.3 Å². The Bertz CT molecular complexity index is 520. The molecular formula is C15H20F2N2O3. The molecular weight excluding hydrogens is 294 g/mol. The Kier molecular flexibility index (Phi) is 5.68. The highest BCUT2D eigenvalue weighted by atomic mass is 19.1. The van der Waals surface area contributed by atoms with Crippen LogP contribution < -0.4 is 0 Å². The first-order valence-corrected chi connectivity index (χ1v) is 7.28. The number of carbonyl (C=O) groups is 1. The SMILES string of the molecule is CCOC(=O)N1CCN(CC(O)c2cc(F)ccc2F)CC1. The van der Waals surface area contributed by atoms with E-state index in [1.807, 2.05) is 4.90 Å². The third-order valence-corrected chi connectivity index (χ3v) is 3.65. The fraction of sp³-hybridized carbons (Fsp3) is 0.533. The van der Waals surface area contributed by atoms with Crippen molar-refractivity contribution in [3.05, 3.63) is 35.4 Å². The van der Waals surface area contributed by atoms with Crippen LogP contribution in [0.5, 0.6) is 0 Å². The Balaban J connectivity index is 1.88. The van der Waals surface area contributed by atoms with Gasteiger partial charge in [0.1, 0.15) is 11.6 Å². The van der Waals surface area contributed by atoms with Crippen molar-refractivity contribution in [1.29, 1.82) is 0 Å². The molecule has 1 aromatic carbocycles. The zero-order chi connectivity index (χ0) is 16.1. The first-order chi connectivity index (χ1) is 10.5. The maximum Gasteiger partial charge on any atom is 0.409 e. The molecule has 1 aromatic rings. The molecule has 0 aliphatic carbocycles. The summed E-state index contributed by atoms with van der Waals surface area (Å²) in [5, 5.41) is 10.1. The molecule has 1 unspecified atom stereocenters. The van der Waals surface area contributed by atoms with E-state index in [-0.39, 0.29) is 18.2 Å². The van der Waals surface area contributed by atoms with Crippen molar-refractivity contribution in [2.24, 2.45) is 0 Å². The van der Waals surface area contributed by atoms with Crippen molar-refractivity contribution in [3.63, 3.8) is 0 Å². The number of rotatable bonds is 4. The molecule has 1 heterocycles. The number of amides is 1. The van der Waals surface area contributed by atoms with Gasteiger partial charge in [-0.15, -0.1) is 0 Å². The zero-order valence-corrected chi connectivity index (χ0v) is 12.5. The van der Waals surface area contributed by atoms with Crippen LogP contribution >= 0.6 is 0 Å². The minimum absolute atomic E-state index is 0.0483. The summed E-state index contributed by atoms with van der Waals surface area (Å²) >= 11 is 0. The van der Waals surface area contributed by atoms with Gasteiger partial charge in [-0.2, -0.15) is 0 Å². The number of β-amino-alcohol motifs (C(OH)–C–C–N with tert-alkyl or cyclic N) is 1. The smallest absolute Gasteiger partial charge is 0.409 e. The Morgan fingerprint density at radius 2 is 2.00 bits per heavy atom. The van der Waals surface area contributed by atoms with E-state index < -0.39 is 17.7 Å². The number of aliphatic hydroxyl groups is 1. The van der Waals surface area contributed by atoms with Gasteiger partial charge in [0, 0.05) is 38.3 Å². The lowest BCUT2D eigenvalue weighted by atomic mass is 10.1. The molecule has 1 N–H and O–H groups in total. The molecule has 122 valence electrons. The highest BCUT2D eigenvalue weighted by molar-refractivity contribution is 5.67. The number of ether oxygens (including phenoxy) is 1. The van der Waals surface area contributed by atoms with Crippen LogP contribution in [-0.2, 0) is 4.74 Å². The minimum atomic E-state index is -1.11. The molecule has 1 fully saturated rings. The molecule has 5 nitrogen and oxygen atoms in total. The van der Waals surface area contributed by atoms with E-state index >= 15 is 0 Å². The quantitative estimate of drug-likeness (QED) is 0.920. The highest BCUT2D eigenvalue weighted by Crippen LogP contribution is 2.20. The normalized spacial score (nSPS) is 17.4. The summed E-state index contributed by atoms with van der Waals surface area (Å²) in [6.45, 7) is 4.33. The molecule has 0 spiro atoms. The molecule has 1 atom stereocenters. The average Bonchev–Trinajstić information content (AvgIpc) is 2.50. The Morgan fingerprint density at radius 1 is 1.32 bits per heavy atom. The van der Waals surface area contributed by atoms with Crippen molar-refractivity contribution in [2.45, 2.75) is 13.0 Å². The molecule has 0 aromatic heterocycles. The van der Waals surface area contributed by atoms with Crippen LogP contribution in [-0.4, -0.2) is 60.3 Å². The van der Waals surface area contributed by atoms with Crippen LogP contribution in [0, 0.1) is 11.6 Å². The van der Waals surface area contributed by atoms with Crippen LogP contribution in [0.25, 0.3) is 0 Å². The number of halogens is 2. The van der Waals surface area contributed by atoms with Gasteiger partial charge in [0.05, 0.1) is 12.7 Å². The second kappa shape index (κ2) is 7.51. The molecule has 1 aliphatic rings. The van der Waals surface area contributed by atoms with Crippen molar-refractivity contribution < 1.29 is 23.4 Å². The summed E-state index contributed by atoms with van der Waals surface area (Å²) in [5.74, 6) is -1.21. The summed E-state index contributed by atoms with van der Waals surface area (Å²) in [4.78, 5) is 15.1. The number of aliphatic hydroxyl groups excluding tert-OH is 1. The highest BCUT2D eigenvalue weighted by Gasteiger charge is 2.24. The van der Waals surface area contributed by atoms with E-state index in [0.29, 0.717) is 32.8 Å². The molecule has 2 rings (SSSR count). The van der Waals surface area contributed by atoms with Gasteiger partial charge in [-0.25, -0.2) is 13.6 Å². The lowest BCUT2D eigenvalue weighted by molar-refractivity contribution is 0.0568. The first kappa shape index (κ1) is 16.6. The zero-order valence-electron chi connectivity index (χ0n) is 12.5.